The van der Waals surface area contributed by atoms with Crippen molar-refractivity contribution in [3.8, 4) is 17.3 Å². The summed E-state index contributed by atoms with van der Waals surface area (Å²) in [6.07, 6.45) is 0.913. The molecule has 1 aliphatic heterocycles. The fourth-order valence-electron chi connectivity index (χ4n) is 4.05. The Labute approximate surface area is 228 Å². The third kappa shape index (κ3) is 5.63. The van der Waals surface area contributed by atoms with E-state index in [0.717, 1.165) is 33.5 Å². The monoisotopic (exact) mass is 551 g/mol. The van der Waals surface area contributed by atoms with E-state index in [-0.39, 0.29) is 15.6 Å². The molecule has 38 heavy (non-hydrogen) atoms. The number of aliphatic carboxylic acids is 2. The quantitative estimate of drug-likeness (QED) is 0.276. The highest BCUT2D eigenvalue weighted by Gasteiger charge is 2.41. The zero-order chi connectivity index (χ0) is 27.6. The molecule has 0 radical (unpaired) electrons. The molecule has 3 aromatic rings. The molecule has 1 aliphatic rings. The van der Waals surface area contributed by atoms with E-state index in [1.54, 1.807) is 17.7 Å². The van der Waals surface area contributed by atoms with Crippen molar-refractivity contribution in [3.63, 3.8) is 0 Å². The van der Waals surface area contributed by atoms with Gasteiger partial charge in [-0.15, -0.1) is 0 Å². The highest BCUT2D eigenvalue weighted by atomic mass is 32.2. The van der Waals surface area contributed by atoms with Gasteiger partial charge in [0, 0.05) is 6.42 Å². The largest absolute Gasteiger partial charge is 0.481 e. The first-order valence-electron chi connectivity index (χ1n) is 11.7. The highest BCUT2D eigenvalue weighted by molar-refractivity contribution is 8.26. The number of nitrogens with zero attached hydrogens (tertiary/aromatic N) is 3. The maximum absolute atomic E-state index is 13.3. The zero-order valence-electron chi connectivity index (χ0n) is 20.9. The van der Waals surface area contributed by atoms with Gasteiger partial charge in [0.1, 0.15) is 16.1 Å². The molecular weight excluding hydrogens is 526 g/mol. The number of carbonyl (C=O) groups is 3. The average Bonchev–Trinajstić information content (AvgIpc) is 3.32. The molecule has 0 saturated carbocycles. The van der Waals surface area contributed by atoms with Gasteiger partial charge >= 0.3 is 11.9 Å². The number of aromatic nitrogens is 2. The van der Waals surface area contributed by atoms with Gasteiger partial charge in [0.15, 0.2) is 0 Å². The lowest BCUT2D eigenvalue weighted by Gasteiger charge is -2.22. The van der Waals surface area contributed by atoms with Crippen molar-refractivity contribution < 1.29 is 29.3 Å². The zero-order valence-corrected chi connectivity index (χ0v) is 22.5. The lowest BCUT2D eigenvalue weighted by Crippen LogP contribution is -2.44. The minimum Gasteiger partial charge on any atom is -0.481 e. The summed E-state index contributed by atoms with van der Waals surface area (Å²) in [6.45, 7) is 5.71. The molecule has 9 nitrogen and oxygen atoms in total. The number of hydrogen-bond donors (Lipinski definition) is 2. The smallest absolute Gasteiger partial charge is 0.326 e. The number of hydrogen-bond acceptors (Lipinski definition) is 7. The molecule has 0 unspecified atom stereocenters. The minimum atomic E-state index is -1.39. The van der Waals surface area contributed by atoms with Crippen molar-refractivity contribution in [2.75, 3.05) is 0 Å². The first-order chi connectivity index (χ1) is 18.1. The van der Waals surface area contributed by atoms with Crippen molar-refractivity contribution in [2.45, 2.75) is 39.7 Å². The van der Waals surface area contributed by atoms with Gasteiger partial charge < -0.3 is 14.9 Å². The van der Waals surface area contributed by atoms with Crippen LogP contribution in [0.25, 0.3) is 11.8 Å². The van der Waals surface area contributed by atoms with Crippen LogP contribution < -0.4 is 4.74 Å². The van der Waals surface area contributed by atoms with Crippen LogP contribution in [0.3, 0.4) is 0 Å². The Morgan fingerprint density at radius 3 is 2.47 bits per heavy atom. The van der Waals surface area contributed by atoms with E-state index in [1.807, 2.05) is 62.4 Å². The van der Waals surface area contributed by atoms with Crippen molar-refractivity contribution in [2.24, 2.45) is 0 Å². The second-order valence-electron chi connectivity index (χ2n) is 8.76. The molecule has 0 spiro atoms. The van der Waals surface area contributed by atoms with Gasteiger partial charge in [-0.1, -0.05) is 59.9 Å². The van der Waals surface area contributed by atoms with Gasteiger partial charge in [-0.25, -0.2) is 4.79 Å². The Morgan fingerprint density at radius 2 is 1.84 bits per heavy atom. The van der Waals surface area contributed by atoms with E-state index in [1.165, 1.54) is 0 Å². The number of aryl methyl sites for hydroxylation is 3. The molecule has 1 aromatic heterocycles. The van der Waals surface area contributed by atoms with Crippen LogP contribution in [0.4, 0.5) is 0 Å². The van der Waals surface area contributed by atoms with E-state index in [9.17, 15) is 19.5 Å². The predicted octanol–water partition coefficient (Wildman–Crippen LogP) is 5.11. The molecule has 4 rings (SSSR count). The Balaban J connectivity index is 1.78. The number of amides is 1. The van der Waals surface area contributed by atoms with Crippen LogP contribution in [0, 0.1) is 20.8 Å². The molecule has 1 saturated heterocycles. The maximum Gasteiger partial charge on any atom is 0.326 e. The van der Waals surface area contributed by atoms with Crippen LogP contribution in [0.2, 0.25) is 0 Å². The molecule has 196 valence electrons. The lowest BCUT2D eigenvalue weighted by atomic mass is 10.1. The Morgan fingerprint density at radius 1 is 1.13 bits per heavy atom. The van der Waals surface area contributed by atoms with E-state index >= 15 is 0 Å². The number of ether oxygens (including phenoxy) is 1. The second-order valence-corrected chi connectivity index (χ2v) is 10.4. The third-order valence-corrected chi connectivity index (χ3v) is 7.26. The summed E-state index contributed by atoms with van der Waals surface area (Å²) in [6, 6.07) is 13.8. The number of thioether (sulfide) groups is 1. The normalized spacial score (nSPS) is 15.2. The van der Waals surface area contributed by atoms with E-state index in [0.29, 0.717) is 22.9 Å². The average molecular weight is 552 g/mol. The van der Waals surface area contributed by atoms with Crippen LogP contribution in [0.15, 0.2) is 53.4 Å². The molecule has 1 amide bonds. The van der Waals surface area contributed by atoms with Crippen molar-refractivity contribution in [1.82, 2.24) is 14.7 Å². The van der Waals surface area contributed by atoms with Crippen LogP contribution in [-0.4, -0.2) is 53.1 Å². The van der Waals surface area contributed by atoms with E-state index < -0.39 is 30.3 Å². The standard InChI is InChI=1S/C27H25N3O6S2/c1-15-9-11-21(16(2)13-15)36-25-19(17(3)28-30(25)18-7-5-4-6-8-18)14-22-24(33)29(27(37)38-22)20(26(34)35)10-12-23(31)32/h4-9,11,13-14,20H,10,12H2,1-3H3,(H,31,32)(H,34,35)/b22-14-/t20-/m0/s1. The Kier molecular flexibility index (Phi) is 7.98. The van der Waals surface area contributed by atoms with E-state index in [2.05, 4.69) is 5.10 Å². The molecule has 2 N–H and O–H groups in total. The fraction of sp³-hybridized carbons (Fsp3) is 0.222. The van der Waals surface area contributed by atoms with Gasteiger partial charge in [-0.3, -0.25) is 14.5 Å². The van der Waals surface area contributed by atoms with Crippen LogP contribution in [0.5, 0.6) is 11.6 Å². The summed E-state index contributed by atoms with van der Waals surface area (Å²) in [5.74, 6) is -2.09. The van der Waals surface area contributed by atoms with Gasteiger partial charge in [0.25, 0.3) is 5.91 Å². The van der Waals surface area contributed by atoms with Crippen LogP contribution in [0.1, 0.15) is 35.2 Å². The molecule has 1 fully saturated rings. The second kappa shape index (κ2) is 11.2. The van der Waals surface area contributed by atoms with Gasteiger partial charge in [-0.05, 0) is 57.0 Å². The Hall–Kier alpha value is -3.96. The SMILES string of the molecule is Cc1ccc(Oc2c(/C=C3\SC(=S)N([C@@H](CCC(=O)O)C(=O)O)C3=O)c(C)nn2-c2ccccc2)c(C)c1. The summed E-state index contributed by atoms with van der Waals surface area (Å²) in [5, 5.41) is 23.3. The summed E-state index contributed by atoms with van der Waals surface area (Å²) in [5.41, 5.74) is 3.87. The Bertz CT molecular complexity index is 1460. The van der Waals surface area contributed by atoms with Crippen LogP contribution >= 0.6 is 24.0 Å². The maximum atomic E-state index is 13.3. The fourth-order valence-corrected chi connectivity index (χ4v) is 5.39. The molecule has 0 bridgehead atoms. The molecular formula is C27H25N3O6S2. The van der Waals surface area contributed by atoms with Gasteiger partial charge in [0.05, 0.1) is 21.8 Å². The minimum absolute atomic E-state index is 0.0454. The topological polar surface area (TPSA) is 122 Å². The number of thiocarbonyl (C=S) groups is 1. The first kappa shape index (κ1) is 27.1. The number of carboxylic acid groups (broad SMARTS) is 2. The van der Waals surface area contributed by atoms with Crippen molar-refractivity contribution in [3.05, 3.63) is 75.8 Å². The van der Waals surface area contributed by atoms with Gasteiger partial charge in [0.2, 0.25) is 5.88 Å². The van der Waals surface area contributed by atoms with Gasteiger partial charge in [-0.2, -0.15) is 9.78 Å². The van der Waals surface area contributed by atoms with Crippen molar-refractivity contribution in [1.29, 1.82) is 0 Å². The molecule has 2 heterocycles. The lowest BCUT2D eigenvalue weighted by molar-refractivity contribution is -0.146. The molecule has 11 heteroatoms. The number of para-hydroxylation sites is 1. The van der Waals surface area contributed by atoms with E-state index in [4.69, 9.17) is 22.1 Å². The third-order valence-electron chi connectivity index (χ3n) is 5.93. The van der Waals surface area contributed by atoms with Crippen LogP contribution in [-0.2, 0) is 14.4 Å². The summed E-state index contributed by atoms with van der Waals surface area (Å²) < 4.78 is 8.07. The predicted molar refractivity (Wildman–Crippen MR) is 148 cm³/mol. The first-order valence-corrected chi connectivity index (χ1v) is 12.9. The number of carbonyl (C=O) groups excluding carboxylic acids is 1. The molecule has 0 aliphatic carbocycles. The number of carboxylic acids is 2. The number of rotatable bonds is 9. The summed E-state index contributed by atoms with van der Waals surface area (Å²) in [4.78, 5) is 37.4. The molecule has 2 aromatic carbocycles. The molecule has 1 atom stereocenters. The highest BCUT2D eigenvalue weighted by Crippen LogP contribution is 2.39. The summed E-state index contributed by atoms with van der Waals surface area (Å²) >= 11 is 6.29. The number of benzene rings is 2. The summed E-state index contributed by atoms with van der Waals surface area (Å²) in [7, 11) is 0. The van der Waals surface area contributed by atoms with Crippen molar-refractivity contribution >= 4 is 52.2 Å².